The van der Waals surface area contributed by atoms with Crippen LogP contribution in [0.5, 0.6) is 0 Å². The van der Waals surface area contributed by atoms with Gasteiger partial charge in [0.05, 0.1) is 11.1 Å². The van der Waals surface area contributed by atoms with E-state index in [1.165, 1.54) is 68.9 Å². The zero-order valence-electron chi connectivity index (χ0n) is 18.4. The Hall–Kier alpha value is -2.80. The average Bonchev–Trinajstić information content (AvgIpc) is 2.79. The summed E-state index contributed by atoms with van der Waals surface area (Å²) >= 11 is 0. The van der Waals surface area contributed by atoms with E-state index in [1.54, 1.807) is 18.2 Å². The summed E-state index contributed by atoms with van der Waals surface area (Å²) in [5.74, 6) is -0.313. The number of benzene rings is 3. The van der Waals surface area contributed by atoms with Crippen LogP contribution in [0.4, 0.5) is 13.2 Å². The minimum absolute atomic E-state index is 0.0502. The number of halogens is 3. The standard InChI is InChI=1S/C28H28F3N/c1-2-3-18-4-6-19(7-5-18)8-9-20-14-25(29)27(26(30)15-20)22-12-13-24-21(16-22)10-11-23(17-32)28(24)31/h10-16,18-19H,2-9H2,1H3. The largest absolute Gasteiger partial charge is 0.206 e. The molecular formula is C28H28F3N. The van der Waals surface area contributed by atoms with E-state index in [0.29, 0.717) is 28.9 Å². The molecule has 0 bridgehead atoms. The van der Waals surface area contributed by atoms with Gasteiger partial charge in [-0.1, -0.05) is 63.6 Å². The molecule has 0 radical (unpaired) electrons. The van der Waals surface area contributed by atoms with Crippen molar-refractivity contribution in [3.63, 3.8) is 0 Å². The van der Waals surface area contributed by atoms with Crippen LogP contribution in [0.15, 0.2) is 42.5 Å². The quantitative estimate of drug-likeness (QED) is 0.382. The normalized spacial score (nSPS) is 18.6. The molecule has 0 unspecified atom stereocenters. The molecule has 0 saturated heterocycles. The predicted octanol–water partition coefficient (Wildman–Crippen LogP) is 8.33. The summed E-state index contributed by atoms with van der Waals surface area (Å²) in [6, 6.07) is 12.2. The van der Waals surface area contributed by atoms with Crippen LogP contribution in [-0.4, -0.2) is 0 Å². The number of hydrogen-bond donors (Lipinski definition) is 0. The topological polar surface area (TPSA) is 23.8 Å². The van der Waals surface area contributed by atoms with Gasteiger partial charge in [0.1, 0.15) is 23.5 Å². The van der Waals surface area contributed by atoms with E-state index in [9.17, 15) is 13.2 Å². The lowest BCUT2D eigenvalue weighted by atomic mass is 9.78. The molecule has 1 nitrogen and oxygen atoms in total. The van der Waals surface area contributed by atoms with Crippen LogP contribution >= 0.6 is 0 Å². The summed E-state index contributed by atoms with van der Waals surface area (Å²) in [5, 5.41) is 9.74. The number of hydrogen-bond acceptors (Lipinski definition) is 1. The highest BCUT2D eigenvalue weighted by Crippen LogP contribution is 2.35. The highest BCUT2D eigenvalue weighted by atomic mass is 19.1. The van der Waals surface area contributed by atoms with Crippen LogP contribution in [0.25, 0.3) is 21.9 Å². The van der Waals surface area contributed by atoms with Gasteiger partial charge in [-0.05, 0) is 65.5 Å². The van der Waals surface area contributed by atoms with E-state index in [2.05, 4.69) is 6.92 Å². The second-order valence-corrected chi connectivity index (χ2v) is 9.12. The van der Waals surface area contributed by atoms with E-state index in [-0.39, 0.29) is 16.5 Å². The summed E-state index contributed by atoms with van der Waals surface area (Å²) in [6.45, 7) is 2.24. The summed E-state index contributed by atoms with van der Waals surface area (Å²) in [6.07, 6.45) is 9.18. The smallest absolute Gasteiger partial charge is 0.148 e. The molecule has 1 aliphatic carbocycles. The third-order valence-electron chi connectivity index (χ3n) is 6.97. The third-order valence-corrected chi connectivity index (χ3v) is 6.97. The molecule has 0 aliphatic heterocycles. The van der Waals surface area contributed by atoms with Crippen molar-refractivity contribution in [3.8, 4) is 17.2 Å². The van der Waals surface area contributed by atoms with Crippen molar-refractivity contribution in [2.45, 2.75) is 58.3 Å². The molecular weight excluding hydrogens is 407 g/mol. The van der Waals surface area contributed by atoms with E-state index >= 15 is 0 Å². The first-order valence-corrected chi connectivity index (χ1v) is 11.6. The average molecular weight is 436 g/mol. The Balaban J connectivity index is 1.50. The molecule has 1 saturated carbocycles. The predicted molar refractivity (Wildman–Crippen MR) is 123 cm³/mol. The Morgan fingerprint density at radius 1 is 0.875 bits per heavy atom. The minimum Gasteiger partial charge on any atom is -0.206 e. The van der Waals surface area contributed by atoms with Crippen LogP contribution in [0.3, 0.4) is 0 Å². The maximum absolute atomic E-state index is 14.9. The van der Waals surface area contributed by atoms with Gasteiger partial charge in [-0.2, -0.15) is 5.26 Å². The summed E-state index contributed by atoms with van der Waals surface area (Å²) in [5.41, 5.74) is 0.897. The zero-order chi connectivity index (χ0) is 22.7. The van der Waals surface area contributed by atoms with Gasteiger partial charge < -0.3 is 0 Å². The Morgan fingerprint density at radius 3 is 2.16 bits per heavy atom. The van der Waals surface area contributed by atoms with Gasteiger partial charge in [-0.3, -0.25) is 0 Å². The van der Waals surface area contributed by atoms with E-state index < -0.39 is 17.5 Å². The molecule has 0 amide bonds. The number of aryl methyl sites for hydroxylation is 1. The number of nitrogens with zero attached hydrogens (tertiary/aromatic N) is 1. The van der Waals surface area contributed by atoms with Crippen molar-refractivity contribution in [1.29, 1.82) is 5.26 Å². The minimum atomic E-state index is -0.614. The van der Waals surface area contributed by atoms with Crippen molar-refractivity contribution in [3.05, 3.63) is 71.0 Å². The number of fused-ring (bicyclic) bond motifs is 1. The molecule has 32 heavy (non-hydrogen) atoms. The van der Waals surface area contributed by atoms with Gasteiger partial charge in [0.25, 0.3) is 0 Å². The maximum Gasteiger partial charge on any atom is 0.148 e. The molecule has 4 rings (SSSR count). The Bertz CT molecular complexity index is 1130. The van der Waals surface area contributed by atoms with Crippen LogP contribution in [0.1, 0.15) is 63.0 Å². The number of rotatable bonds is 6. The number of nitriles is 1. The zero-order valence-corrected chi connectivity index (χ0v) is 18.4. The maximum atomic E-state index is 14.9. The van der Waals surface area contributed by atoms with Crippen LogP contribution in [0.2, 0.25) is 0 Å². The van der Waals surface area contributed by atoms with Crippen molar-refractivity contribution in [2.75, 3.05) is 0 Å². The van der Waals surface area contributed by atoms with Gasteiger partial charge in [-0.15, -0.1) is 0 Å². The molecule has 1 aliphatic rings. The van der Waals surface area contributed by atoms with Gasteiger partial charge in [0.2, 0.25) is 0 Å². The van der Waals surface area contributed by atoms with Crippen LogP contribution < -0.4 is 0 Å². The monoisotopic (exact) mass is 435 g/mol. The SMILES string of the molecule is CCCC1CCC(CCc2cc(F)c(-c3ccc4c(F)c(C#N)ccc4c3)c(F)c2)CC1. The Morgan fingerprint density at radius 2 is 1.53 bits per heavy atom. The lowest BCUT2D eigenvalue weighted by Gasteiger charge is -2.28. The molecule has 4 heteroatoms. The fraction of sp³-hybridized carbons (Fsp3) is 0.393. The van der Waals surface area contributed by atoms with Crippen LogP contribution in [-0.2, 0) is 6.42 Å². The summed E-state index contributed by atoms with van der Waals surface area (Å²) < 4.78 is 44.2. The van der Waals surface area contributed by atoms with E-state index in [1.807, 2.05) is 0 Å². The molecule has 0 heterocycles. The summed E-state index contributed by atoms with van der Waals surface area (Å²) in [4.78, 5) is 0. The Kier molecular flexibility index (Phi) is 6.84. The highest BCUT2D eigenvalue weighted by molar-refractivity contribution is 5.89. The van der Waals surface area contributed by atoms with Gasteiger partial charge in [0, 0.05) is 5.39 Å². The summed E-state index contributed by atoms with van der Waals surface area (Å²) in [7, 11) is 0. The fourth-order valence-electron chi connectivity index (χ4n) is 5.17. The third kappa shape index (κ3) is 4.67. The molecule has 0 aromatic heterocycles. The van der Waals surface area contributed by atoms with Crippen molar-refractivity contribution < 1.29 is 13.2 Å². The lowest BCUT2D eigenvalue weighted by molar-refractivity contribution is 0.252. The van der Waals surface area contributed by atoms with Crippen LogP contribution in [0, 0.1) is 40.6 Å². The lowest BCUT2D eigenvalue weighted by Crippen LogP contribution is -2.15. The first-order chi connectivity index (χ1) is 15.5. The first-order valence-electron chi connectivity index (χ1n) is 11.6. The molecule has 0 atom stereocenters. The van der Waals surface area contributed by atoms with Crippen molar-refractivity contribution in [2.24, 2.45) is 11.8 Å². The molecule has 3 aromatic carbocycles. The molecule has 166 valence electrons. The fourth-order valence-corrected chi connectivity index (χ4v) is 5.17. The van der Waals surface area contributed by atoms with Gasteiger partial charge in [0.15, 0.2) is 0 Å². The van der Waals surface area contributed by atoms with E-state index in [4.69, 9.17) is 5.26 Å². The van der Waals surface area contributed by atoms with Crippen molar-refractivity contribution in [1.82, 2.24) is 0 Å². The molecule has 0 spiro atoms. The molecule has 1 fully saturated rings. The highest BCUT2D eigenvalue weighted by Gasteiger charge is 2.21. The van der Waals surface area contributed by atoms with Gasteiger partial charge in [-0.25, -0.2) is 13.2 Å². The Labute approximate surface area is 187 Å². The first kappa shape index (κ1) is 22.4. The van der Waals surface area contributed by atoms with E-state index in [0.717, 1.165) is 12.3 Å². The molecule has 0 N–H and O–H groups in total. The second-order valence-electron chi connectivity index (χ2n) is 9.12. The second kappa shape index (κ2) is 9.77. The van der Waals surface area contributed by atoms with Gasteiger partial charge >= 0.3 is 0 Å². The van der Waals surface area contributed by atoms with Crippen molar-refractivity contribution >= 4 is 10.8 Å². The molecule has 3 aromatic rings.